The van der Waals surface area contributed by atoms with E-state index in [1.165, 1.54) is 0 Å². The van der Waals surface area contributed by atoms with Gasteiger partial charge in [-0.2, -0.15) is 4.39 Å². The Morgan fingerprint density at radius 2 is 2.08 bits per heavy atom. The van der Waals surface area contributed by atoms with Gasteiger partial charge in [-0.25, -0.2) is 13.8 Å². The van der Waals surface area contributed by atoms with Gasteiger partial charge in [0, 0.05) is 9.80 Å². The Morgan fingerprint density at radius 1 is 1.46 bits per heavy atom. The van der Waals surface area contributed by atoms with E-state index in [0.29, 0.717) is 10.9 Å². The van der Waals surface area contributed by atoms with Crippen molar-refractivity contribution in [2.75, 3.05) is 0 Å². The van der Waals surface area contributed by atoms with Crippen molar-refractivity contribution in [3.63, 3.8) is 0 Å². The SMILES string of the molecule is Fc1cc(CBr)c(Br)c(C(F)F)n1. The van der Waals surface area contributed by atoms with Gasteiger partial charge in [-0.15, -0.1) is 0 Å². The van der Waals surface area contributed by atoms with Gasteiger partial charge in [0.2, 0.25) is 5.95 Å². The maximum absolute atomic E-state index is 12.7. The zero-order valence-corrected chi connectivity index (χ0v) is 9.37. The lowest BCUT2D eigenvalue weighted by Gasteiger charge is -2.06. The molecular weight excluding hydrogens is 315 g/mol. The summed E-state index contributed by atoms with van der Waals surface area (Å²) in [7, 11) is 0. The van der Waals surface area contributed by atoms with E-state index in [1.807, 2.05) is 0 Å². The quantitative estimate of drug-likeness (QED) is 0.597. The van der Waals surface area contributed by atoms with Crippen molar-refractivity contribution in [2.24, 2.45) is 0 Å². The normalized spacial score (nSPS) is 10.9. The smallest absolute Gasteiger partial charge is 0.218 e. The molecule has 0 aromatic carbocycles. The average Bonchev–Trinajstić information content (AvgIpc) is 2.08. The van der Waals surface area contributed by atoms with Crippen molar-refractivity contribution in [1.82, 2.24) is 4.98 Å². The molecule has 0 aliphatic rings. The van der Waals surface area contributed by atoms with Crippen LogP contribution in [0, 0.1) is 5.95 Å². The minimum Gasteiger partial charge on any atom is -0.218 e. The standard InChI is InChI=1S/C7H4Br2F3N/c8-2-3-1-4(10)13-6(5(3)9)7(11)12/h1,7H,2H2. The molecule has 0 amide bonds. The van der Waals surface area contributed by atoms with Crippen molar-refractivity contribution < 1.29 is 13.2 Å². The minimum atomic E-state index is -2.78. The van der Waals surface area contributed by atoms with E-state index in [-0.39, 0.29) is 4.47 Å². The number of pyridine rings is 1. The molecule has 13 heavy (non-hydrogen) atoms. The van der Waals surface area contributed by atoms with E-state index in [0.717, 1.165) is 6.07 Å². The lowest BCUT2D eigenvalue weighted by Crippen LogP contribution is -1.98. The topological polar surface area (TPSA) is 12.9 Å². The lowest BCUT2D eigenvalue weighted by molar-refractivity contribution is 0.143. The fourth-order valence-corrected chi connectivity index (χ4v) is 2.14. The summed E-state index contributed by atoms with van der Waals surface area (Å²) in [6.07, 6.45) is -2.78. The lowest BCUT2D eigenvalue weighted by atomic mass is 10.2. The molecule has 0 spiro atoms. The Kier molecular flexibility index (Phi) is 3.73. The van der Waals surface area contributed by atoms with E-state index in [4.69, 9.17) is 0 Å². The molecule has 6 heteroatoms. The molecule has 1 rings (SSSR count). The highest BCUT2D eigenvalue weighted by Gasteiger charge is 2.17. The second-order valence-corrected chi connectivity index (χ2v) is 3.59. The molecule has 0 radical (unpaired) electrons. The monoisotopic (exact) mass is 317 g/mol. The Bertz CT molecular complexity index is 317. The Hall–Kier alpha value is -0.100. The van der Waals surface area contributed by atoms with Crippen LogP contribution in [-0.2, 0) is 5.33 Å². The number of halogens is 5. The Morgan fingerprint density at radius 3 is 2.54 bits per heavy atom. The molecule has 0 bridgehead atoms. The summed E-state index contributed by atoms with van der Waals surface area (Å²) in [4.78, 5) is 3.10. The number of nitrogens with zero attached hydrogens (tertiary/aromatic N) is 1. The molecule has 0 N–H and O–H groups in total. The van der Waals surface area contributed by atoms with Crippen LogP contribution in [-0.4, -0.2) is 4.98 Å². The van der Waals surface area contributed by atoms with E-state index in [2.05, 4.69) is 36.8 Å². The van der Waals surface area contributed by atoms with Crippen molar-refractivity contribution in [2.45, 2.75) is 11.8 Å². The minimum absolute atomic E-state index is 0.153. The summed E-state index contributed by atoms with van der Waals surface area (Å²) in [5.74, 6) is -0.895. The van der Waals surface area contributed by atoms with Gasteiger partial charge >= 0.3 is 0 Å². The van der Waals surface area contributed by atoms with E-state index in [9.17, 15) is 13.2 Å². The molecule has 72 valence electrons. The van der Waals surface area contributed by atoms with Crippen LogP contribution in [0.25, 0.3) is 0 Å². The maximum atomic E-state index is 12.7. The van der Waals surface area contributed by atoms with Crippen LogP contribution in [0.15, 0.2) is 10.5 Å². The van der Waals surface area contributed by atoms with Crippen LogP contribution in [0.2, 0.25) is 0 Å². The number of hydrogen-bond acceptors (Lipinski definition) is 1. The summed E-state index contributed by atoms with van der Waals surface area (Å²) >= 11 is 5.99. The van der Waals surface area contributed by atoms with Crippen LogP contribution in [0.1, 0.15) is 17.7 Å². The predicted molar refractivity (Wildman–Crippen MR) is 49.5 cm³/mol. The first-order chi connectivity index (χ1) is 6.06. The number of rotatable bonds is 2. The third-order valence-corrected chi connectivity index (χ3v) is 2.90. The molecule has 0 saturated carbocycles. The highest BCUT2D eigenvalue weighted by molar-refractivity contribution is 9.10. The van der Waals surface area contributed by atoms with E-state index in [1.54, 1.807) is 0 Å². The molecule has 0 saturated heterocycles. The molecule has 1 aromatic rings. The van der Waals surface area contributed by atoms with Gasteiger partial charge in [0.1, 0.15) is 5.69 Å². The van der Waals surface area contributed by atoms with Crippen molar-refractivity contribution in [3.8, 4) is 0 Å². The Labute approximate surface area is 89.6 Å². The molecule has 0 aliphatic heterocycles. The second-order valence-electron chi connectivity index (χ2n) is 2.24. The summed E-state index contributed by atoms with van der Waals surface area (Å²) in [6, 6.07) is 1.10. The molecule has 0 atom stereocenters. The third-order valence-electron chi connectivity index (χ3n) is 1.38. The third kappa shape index (κ3) is 2.43. The van der Waals surface area contributed by atoms with Gasteiger partial charge in [-0.1, -0.05) is 15.9 Å². The number of aromatic nitrogens is 1. The maximum Gasteiger partial charge on any atom is 0.281 e. The summed E-state index contributed by atoms with van der Waals surface area (Å²) < 4.78 is 37.3. The largest absolute Gasteiger partial charge is 0.281 e. The zero-order valence-electron chi connectivity index (χ0n) is 6.20. The van der Waals surface area contributed by atoms with Gasteiger partial charge in [-0.3, -0.25) is 0 Å². The highest BCUT2D eigenvalue weighted by Crippen LogP contribution is 2.29. The van der Waals surface area contributed by atoms with E-state index >= 15 is 0 Å². The van der Waals surface area contributed by atoms with Crippen LogP contribution in [0.4, 0.5) is 13.2 Å². The average molecular weight is 319 g/mol. The summed E-state index contributed by atoms with van der Waals surface area (Å²) in [5, 5.41) is 0.298. The molecule has 1 aromatic heterocycles. The highest BCUT2D eigenvalue weighted by atomic mass is 79.9. The summed E-state index contributed by atoms with van der Waals surface area (Å²) in [6.45, 7) is 0. The van der Waals surface area contributed by atoms with Gasteiger partial charge in [0.05, 0.1) is 0 Å². The molecule has 0 fully saturated rings. The van der Waals surface area contributed by atoms with Crippen molar-refractivity contribution in [3.05, 3.63) is 27.7 Å². The van der Waals surface area contributed by atoms with Gasteiger partial charge in [0.15, 0.2) is 0 Å². The number of alkyl halides is 3. The van der Waals surface area contributed by atoms with Gasteiger partial charge < -0.3 is 0 Å². The molecule has 1 heterocycles. The molecular formula is C7H4Br2F3N. The van der Waals surface area contributed by atoms with Gasteiger partial charge in [0.25, 0.3) is 6.43 Å². The van der Waals surface area contributed by atoms with Crippen molar-refractivity contribution >= 4 is 31.9 Å². The first-order valence-electron chi connectivity index (χ1n) is 3.25. The Balaban J connectivity index is 3.27. The van der Waals surface area contributed by atoms with Crippen LogP contribution in [0.5, 0.6) is 0 Å². The van der Waals surface area contributed by atoms with E-state index < -0.39 is 18.1 Å². The summed E-state index contributed by atoms with van der Waals surface area (Å²) in [5.41, 5.74) is -0.141. The number of hydrogen-bond donors (Lipinski definition) is 0. The zero-order chi connectivity index (χ0) is 10.0. The van der Waals surface area contributed by atoms with Crippen LogP contribution >= 0.6 is 31.9 Å². The molecule has 1 nitrogen and oxygen atoms in total. The van der Waals surface area contributed by atoms with Crippen molar-refractivity contribution in [1.29, 1.82) is 0 Å². The predicted octanol–water partition coefficient (Wildman–Crippen LogP) is 3.82. The fraction of sp³-hybridized carbons (Fsp3) is 0.286. The second kappa shape index (κ2) is 4.41. The molecule has 0 aliphatic carbocycles. The fourth-order valence-electron chi connectivity index (χ4n) is 0.810. The molecule has 0 unspecified atom stereocenters. The first kappa shape index (κ1) is 11.0. The van der Waals surface area contributed by atoms with Crippen LogP contribution < -0.4 is 0 Å². The van der Waals surface area contributed by atoms with Crippen LogP contribution in [0.3, 0.4) is 0 Å². The first-order valence-corrected chi connectivity index (χ1v) is 5.16. The van der Waals surface area contributed by atoms with Gasteiger partial charge in [-0.05, 0) is 27.6 Å².